The quantitative estimate of drug-likeness (QED) is 0.536. The zero-order valence-corrected chi connectivity index (χ0v) is 6.25. The molecule has 0 aliphatic carbocycles. The van der Waals surface area contributed by atoms with Crippen LogP contribution in [0.25, 0.3) is 0 Å². The molecule has 5 N–H and O–H groups in total. The first-order valence-corrected chi connectivity index (χ1v) is 3.49. The molecule has 0 bridgehead atoms. The van der Waals surface area contributed by atoms with Crippen LogP contribution in [0, 0.1) is 0 Å². The van der Waals surface area contributed by atoms with Crippen molar-refractivity contribution in [2.75, 3.05) is 18.1 Å². The molecule has 0 aliphatic rings. The fraction of sp³-hybridized carbons (Fsp3) is 0.250. The molecule has 0 radical (unpaired) electrons. The van der Waals surface area contributed by atoms with Crippen molar-refractivity contribution in [3.63, 3.8) is 0 Å². The summed E-state index contributed by atoms with van der Waals surface area (Å²) in [5.41, 5.74) is 13.4. The lowest BCUT2D eigenvalue weighted by Gasteiger charge is -2.03. The maximum atomic E-state index is 8.63. The zero-order valence-electron chi connectivity index (χ0n) is 6.25. The summed E-state index contributed by atoms with van der Waals surface area (Å²) in [5.74, 6) is 0. The van der Waals surface area contributed by atoms with Gasteiger partial charge in [-0.05, 0) is 24.1 Å². The van der Waals surface area contributed by atoms with E-state index in [4.69, 9.17) is 16.6 Å². The Kier molecular flexibility index (Phi) is 2.33. The van der Waals surface area contributed by atoms with Crippen LogP contribution in [0.15, 0.2) is 18.2 Å². The second kappa shape index (κ2) is 3.25. The van der Waals surface area contributed by atoms with E-state index < -0.39 is 0 Å². The molecule has 11 heavy (non-hydrogen) atoms. The molecule has 0 saturated carbocycles. The van der Waals surface area contributed by atoms with Gasteiger partial charge in [-0.1, -0.05) is 6.07 Å². The van der Waals surface area contributed by atoms with Gasteiger partial charge in [0.15, 0.2) is 0 Å². The summed E-state index contributed by atoms with van der Waals surface area (Å²) in [6.07, 6.45) is 0.589. The molecule has 0 spiro atoms. The van der Waals surface area contributed by atoms with Crippen LogP contribution < -0.4 is 11.5 Å². The average molecular weight is 152 g/mol. The minimum Gasteiger partial charge on any atom is -0.399 e. The number of benzene rings is 1. The lowest BCUT2D eigenvalue weighted by molar-refractivity contribution is 0.300. The van der Waals surface area contributed by atoms with Crippen molar-refractivity contribution in [1.29, 1.82) is 0 Å². The molecule has 0 unspecified atom stereocenters. The highest BCUT2D eigenvalue weighted by atomic mass is 16.2. The van der Waals surface area contributed by atoms with Crippen LogP contribution in [0.1, 0.15) is 5.56 Å². The molecule has 1 aromatic rings. The van der Waals surface area contributed by atoms with E-state index >= 15 is 0 Å². The molecule has 0 saturated heterocycles. The van der Waals surface area contributed by atoms with E-state index in [1.165, 1.54) is 0 Å². The predicted octanol–water partition coefficient (Wildman–Crippen LogP) is 0.386. The molecule has 3 heteroatoms. The predicted molar refractivity (Wildman–Crippen MR) is 46.1 cm³/mol. The Morgan fingerprint density at radius 2 is 2.00 bits per heavy atom. The van der Waals surface area contributed by atoms with Gasteiger partial charge < -0.3 is 16.6 Å². The van der Waals surface area contributed by atoms with Crippen LogP contribution >= 0.6 is 0 Å². The van der Waals surface area contributed by atoms with Gasteiger partial charge >= 0.3 is 0 Å². The van der Waals surface area contributed by atoms with Crippen LogP contribution in [-0.2, 0) is 6.42 Å². The maximum absolute atomic E-state index is 8.63. The number of nitrogens with two attached hydrogens (primary N) is 2. The number of aliphatic hydroxyl groups excluding tert-OH is 1. The molecular formula is C8H12N2O. The van der Waals surface area contributed by atoms with E-state index in [0.29, 0.717) is 17.8 Å². The number of hydrogen-bond donors (Lipinski definition) is 3. The van der Waals surface area contributed by atoms with E-state index in [0.717, 1.165) is 5.56 Å². The van der Waals surface area contributed by atoms with Gasteiger partial charge in [-0.2, -0.15) is 0 Å². The first kappa shape index (κ1) is 7.88. The van der Waals surface area contributed by atoms with Crippen LogP contribution in [0.4, 0.5) is 11.4 Å². The molecular weight excluding hydrogens is 140 g/mol. The Balaban J connectivity index is 2.90. The van der Waals surface area contributed by atoms with Crippen LogP contribution in [0.5, 0.6) is 0 Å². The number of nitrogen functional groups attached to an aromatic ring is 2. The van der Waals surface area contributed by atoms with Crippen molar-refractivity contribution in [2.45, 2.75) is 6.42 Å². The summed E-state index contributed by atoms with van der Waals surface area (Å²) in [6, 6.07) is 5.31. The second-order valence-corrected chi connectivity index (χ2v) is 2.43. The van der Waals surface area contributed by atoms with Gasteiger partial charge in [-0.3, -0.25) is 0 Å². The van der Waals surface area contributed by atoms with Crippen molar-refractivity contribution >= 4 is 11.4 Å². The standard InChI is InChI=1S/C8H12N2O/c9-7-2-1-6(3-4-11)8(10)5-7/h1-2,5,11H,3-4,9-10H2. The maximum Gasteiger partial charge on any atom is 0.0472 e. The van der Waals surface area contributed by atoms with E-state index in [1.54, 1.807) is 12.1 Å². The lowest BCUT2D eigenvalue weighted by Crippen LogP contribution is -1.98. The molecule has 1 aromatic carbocycles. The Morgan fingerprint density at radius 1 is 1.27 bits per heavy atom. The van der Waals surface area contributed by atoms with Gasteiger partial charge in [0.25, 0.3) is 0 Å². The highest BCUT2D eigenvalue weighted by Crippen LogP contribution is 2.15. The summed E-state index contributed by atoms with van der Waals surface area (Å²) in [7, 11) is 0. The van der Waals surface area contributed by atoms with Gasteiger partial charge in [0.2, 0.25) is 0 Å². The summed E-state index contributed by atoms with van der Waals surface area (Å²) >= 11 is 0. The van der Waals surface area contributed by atoms with Gasteiger partial charge in [-0.15, -0.1) is 0 Å². The molecule has 0 atom stereocenters. The van der Waals surface area contributed by atoms with E-state index in [-0.39, 0.29) is 6.61 Å². The highest BCUT2D eigenvalue weighted by Gasteiger charge is 1.97. The molecule has 3 nitrogen and oxygen atoms in total. The summed E-state index contributed by atoms with van der Waals surface area (Å²) in [5, 5.41) is 8.63. The van der Waals surface area contributed by atoms with Crippen LogP contribution in [0.2, 0.25) is 0 Å². The summed E-state index contributed by atoms with van der Waals surface area (Å²) < 4.78 is 0. The molecule has 0 amide bonds. The minimum absolute atomic E-state index is 0.119. The molecule has 1 rings (SSSR count). The summed E-state index contributed by atoms with van der Waals surface area (Å²) in [6.45, 7) is 0.119. The largest absolute Gasteiger partial charge is 0.399 e. The third kappa shape index (κ3) is 1.85. The molecule has 0 fully saturated rings. The van der Waals surface area contributed by atoms with E-state index in [9.17, 15) is 0 Å². The normalized spacial score (nSPS) is 9.91. The molecule has 0 aromatic heterocycles. The van der Waals surface area contributed by atoms with Crippen molar-refractivity contribution < 1.29 is 5.11 Å². The number of rotatable bonds is 2. The van der Waals surface area contributed by atoms with Crippen LogP contribution in [-0.4, -0.2) is 11.7 Å². The number of hydrogen-bond acceptors (Lipinski definition) is 3. The molecule has 60 valence electrons. The first-order valence-electron chi connectivity index (χ1n) is 3.49. The first-order chi connectivity index (χ1) is 5.24. The third-order valence-corrected chi connectivity index (χ3v) is 1.55. The van der Waals surface area contributed by atoms with Crippen molar-refractivity contribution in [1.82, 2.24) is 0 Å². The molecule has 0 heterocycles. The average Bonchev–Trinajstić information content (AvgIpc) is 1.95. The van der Waals surface area contributed by atoms with Gasteiger partial charge in [0, 0.05) is 18.0 Å². The molecule has 0 aliphatic heterocycles. The lowest BCUT2D eigenvalue weighted by atomic mass is 10.1. The second-order valence-electron chi connectivity index (χ2n) is 2.43. The Bertz CT molecular complexity index is 248. The topological polar surface area (TPSA) is 72.3 Å². The summed E-state index contributed by atoms with van der Waals surface area (Å²) in [4.78, 5) is 0. The van der Waals surface area contributed by atoms with Crippen molar-refractivity contribution in [2.24, 2.45) is 0 Å². The van der Waals surface area contributed by atoms with E-state index in [1.807, 2.05) is 6.07 Å². The fourth-order valence-corrected chi connectivity index (χ4v) is 0.962. The van der Waals surface area contributed by atoms with Crippen molar-refractivity contribution in [3.8, 4) is 0 Å². The van der Waals surface area contributed by atoms with Crippen LogP contribution in [0.3, 0.4) is 0 Å². The number of anilines is 2. The monoisotopic (exact) mass is 152 g/mol. The van der Waals surface area contributed by atoms with Gasteiger partial charge in [-0.25, -0.2) is 0 Å². The number of aliphatic hydroxyl groups is 1. The Hall–Kier alpha value is -1.22. The Labute approximate surface area is 65.6 Å². The van der Waals surface area contributed by atoms with Gasteiger partial charge in [0.05, 0.1) is 0 Å². The highest BCUT2D eigenvalue weighted by molar-refractivity contribution is 5.56. The zero-order chi connectivity index (χ0) is 8.27. The third-order valence-electron chi connectivity index (χ3n) is 1.55. The Morgan fingerprint density at radius 3 is 2.55 bits per heavy atom. The van der Waals surface area contributed by atoms with E-state index in [2.05, 4.69) is 0 Å². The van der Waals surface area contributed by atoms with Crippen molar-refractivity contribution in [3.05, 3.63) is 23.8 Å². The minimum atomic E-state index is 0.119. The SMILES string of the molecule is Nc1ccc(CCO)c(N)c1. The fourth-order valence-electron chi connectivity index (χ4n) is 0.962. The smallest absolute Gasteiger partial charge is 0.0472 e. The van der Waals surface area contributed by atoms with Gasteiger partial charge in [0.1, 0.15) is 0 Å².